The molecule has 1 saturated heterocycles. The summed E-state index contributed by atoms with van der Waals surface area (Å²) in [7, 11) is 1.62. The number of carbonyl (C=O) groups is 3. The summed E-state index contributed by atoms with van der Waals surface area (Å²) in [6, 6.07) is 13.0. The second-order valence-electron chi connectivity index (χ2n) is 8.62. The Morgan fingerprint density at radius 3 is 2.39 bits per heavy atom. The van der Waals surface area contributed by atoms with Gasteiger partial charge in [-0.05, 0) is 36.8 Å². The Hall–Kier alpha value is -3.07. The Morgan fingerprint density at radius 2 is 1.75 bits per heavy atom. The fraction of sp³-hybridized carbons (Fsp3) is 0.346. The van der Waals surface area contributed by atoms with Crippen molar-refractivity contribution in [1.29, 1.82) is 0 Å². The van der Waals surface area contributed by atoms with Crippen LogP contribution >= 0.6 is 23.2 Å². The van der Waals surface area contributed by atoms with Gasteiger partial charge in [-0.15, -0.1) is 0 Å². The Labute approximate surface area is 220 Å². The highest BCUT2D eigenvalue weighted by Crippen LogP contribution is 2.36. The molecule has 8 nitrogen and oxygen atoms in total. The first-order valence-electron chi connectivity index (χ1n) is 11.8. The number of ether oxygens (including phenoxy) is 1. The fourth-order valence-electron chi connectivity index (χ4n) is 4.45. The maximum absolute atomic E-state index is 13.2. The molecule has 2 aliphatic heterocycles. The van der Waals surface area contributed by atoms with Gasteiger partial charge in [0.2, 0.25) is 0 Å². The first kappa shape index (κ1) is 26.0. The van der Waals surface area contributed by atoms with Crippen molar-refractivity contribution in [1.82, 2.24) is 20.0 Å². The molecule has 0 aromatic heterocycles. The highest BCUT2D eigenvalue weighted by Gasteiger charge is 2.38. The topological polar surface area (TPSA) is 82.2 Å². The molecule has 10 heteroatoms. The Morgan fingerprint density at radius 1 is 1.06 bits per heavy atom. The van der Waals surface area contributed by atoms with Crippen LogP contribution in [0.3, 0.4) is 0 Å². The number of esters is 1. The standard InChI is InChI=1S/C26H28Cl2N4O4/c1-3-36-25(34)22-21(30(2)26(35)29-23(22)19-10-9-18(27)15-20(19)28)16-31-11-13-32(14-12-31)24(33)17-7-5-4-6-8-17/h4-10,15,23H,3,11-14,16H2,1-2H3,(H,29,35)/t23-/m1/s1. The van der Waals surface area contributed by atoms with Crippen LogP contribution in [-0.4, -0.2) is 79.0 Å². The first-order valence-corrected chi connectivity index (χ1v) is 12.5. The van der Waals surface area contributed by atoms with E-state index >= 15 is 0 Å². The molecule has 36 heavy (non-hydrogen) atoms. The van der Waals surface area contributed by atoms with Crippen LogP contribution in [-0.2, 0) is 9.53 Å². The lowest BCUT2D eigenvalue weighted by atomic mass is 9.94. The van der Waals surface area contributed by atoms with Gasteiger partial charge in [0.25, 0.3) is 5.91 Å². The summed E-state index contributed by atoms with van der Waals surface area (Å²) in [6.07, 6.45) is 0. The summed E-state index contributed by atoms with van der Waals surface area (Å²) in [5.74, 6) is -0.526. The molecule has 1 atom stereocenters. The molecule has 0 bridgehead atoms. The zero-order valence-electron chi connectivity index (χ0n) is 20.2. The fourth-order valence-corrected chi connectivity index (χ4v) is 4.97. The third kappa shape index (κ3) is 5.51. The van der Waals surface area contributed by atoms with Crippen LogP contribution in [0.2, 0.25) is 10.0 Å². The average molecular weight is 531 g/mol. The zero-order chi connectivity index (χ0) is 25.8. The molecule has 4 rings (SSSR count). The summed E-state index contributed by atoms with van der Waals surface area (Å²) in [4.78, 5) is 44.3. The van der Waals surface area contributed by atoms with Crippen LogP contribution in [0.5, 0.6) is 0 Å². The van der Waals surface area contributed by atoms with Crippen molar-refractivity contribution in [3.63, 3.8) is 0 Å². The molecule has 1 fully saturated rings. The minimum Gasteiger partial charge on any atom is -0.463 e. The highest BCUT2D eigenvalue weighted by atomic mass is 35.5. The molecule has 0 aliphatic carbocycles. The van der Waals surface area contributed by atoms with Gasteiger partial charge in [-0.2, -0.15) is 0 Å². The van der Waals surface area contributed by atoms with E-state index in [2.05, 4.69) is 10.2 Å². The summed E-state index contributed by atoms with van der Waals surface area (Å²) in [5, 5.41) is 3.66. The van der Waals surface area contributed by atoms with Gasteiger partial charge in [-0.3, -0.25) is 14.6 Å². The summed E-state index contributed by atoms with van der Waals surface area (Å²) in [5.41, 5.74) is 2.08. The van der Waals surface area contributed by atoms with Crippen molar-refractivity contribution in [2.24, 2.45) is 0 Å². The van der Waals surface area contributed by atoms with Gasteiger partial charge in [0, 0.05) is 61.1 Å². The number of benzene rings is 2. The lowest BCUT2D eigenvalue weighted by molar-refractivity contribution is -0.139. The predicted octanol–water partition coefficient (Wildman–Crippen LogP) is 3.96. The number of nitrogens with zero attached hydrogens (tertiary/aromatic N) is 3. The second-order valence-corrected chi connectivity index (χ2v) is 9.47. The van der Waals surface area contributed by atoms with Crippen LogP contribution in [0.25, 0.3) is 0 Å². The summed E-state index contributed by atoms with van der Waals surface area (Å²) >= 11 is 12.5. The van der Waals surface area contributed by atoms with E-state index in [1.807, 2.05) is 35.2 Å². The van der Waals surface area contributed by atoms with Crippen molar-refractivity contribution >= 4 is 41.1 Å². The van der Waals surface area contributed by atoms with Gasteiger partial charge in [-0.1, -0.05) is 47.5 Å². The Kier molecular flexibility index (Phi) is 8.18. The van der Waals surface area contributed by atoms with Crippen LogP contribution in [0.1, 0.15) is 28.9 Å². The van der Waals surface area contributed by atoms with E-state index in [9.17, 15) is 14.4 Å². The molecule has 2 heterocycles. The zero-order valence-corrected chi connectivity index (χ0v) is 21.7. The number of carbonyl (C=O) groups excluding carboxylic acids is 3. The monoisotopic (exact) mass is 530 g/mol. The quantitative estimate of drug-likeness (QED) is 0.571. The molecule has 0 unspecified atom stereocenters. The normalized spacial score (nSPS) is 18.8. The molecule has 190 valence electrons. The molecule has 2 aromatic carbocycles. The minimum atomic E-state index is -0.784. The lowest BCUT2D eigenvalue weighted by Gasteiger charge is -2.39. The number of nitrogens with one attached hydrogen (secondary N) is 1. The van der Waals surface area contributed by atoms with Crippen LogP contribution in [0.15, 0.2) is 59.8 Å². The van der Waals surface area contributed by atoms with Crippen molar-refractivity contribution in [2.75, 3.05) is 46.4 Å². The van der Waals surface area contributed by atoms with E-state index in [4.69, 9.17) is 27.9 Å². The molecular formula is C26H28Cl2N4O4. The maximum atomic E-state index is 13.2. The highest BCUT2D eigenvalue weighted by molar-refractivity contribution is 6.35. The van der Waals surface area contributed by atoms with Gasteiger partial charge in [0.1, 0.15) is 0 Å². The van der Waals surface area contributed by atoms with E-state index in [0.717, 1.165) is 0 Å². The van der Waals surface area contributed by atoms with Crippen LogP contribution < -0.4 is 5.32 Å². The minimum absolute atomic E-state index is 0.00622. The number of halogens is 2. The average Bonchev–Trinajstić information content (AvgIpc) is 2.87. The van der Waals surface area contributed by atoms with Crippen molar-refractivity contribution in [3.8, 4) is 0 Å². The SMILES string of the molecule is CCOC(=O)C1=C(CN2CCN(C(=O)c3ccccc3)CC2)N(C)C(=O)N[C@@H]1c1ccc(Cl)cc1Cl. The van der Waals surface area contributed by atoms with Crippen molar-refractivity contribution in [3.05, 3.63) is 81.0 Å². The van der Waals surface area contributed by atoms with E-state index in [1.165, 1.54) is 4.90 Å². The van der Waals surface area contributed by atoms with E-state index < -0.39 is 12.0 Å². The van der Waals surface area contributed by atoms with E-state index in [0.29, 0.717) is 65.2 Å². The summed E-state index contributed by atoms with van der Waals surface area (Å²) < 4.78 is 5.38. The van der Waals surface area contributed by atoms with Gasteiger partial charge in [0.15, 0.2) is 0 Å². The van der Waals surface area contributed by atoms with Crippen molar-refractivity contribution < 1.29 is 19.1 Å². The molecule has 0 saturated carbocycles. The first-order chi connectivity index (χ1) is 17.3. The molecule has 3 amide bonds. The second kappa shape index (κ2) is 11.3. The Balaban J connectivity index is 1.59. The third-order valence-electron chi connectivity index (χ3n) is 6.40. The number of urea groups is 1. The van der Waals surface area contributed by atoms with Gasteiger partial charge in [-0.25, -0.2) is 9.59 Å². The van der Waals surface area contributed by atoms with Gasteiger partial charge in [0.05, 0.1) is 18.2 Å². The molecule has 2 aromatic rings. The molecule has 0 spiro atoms. The van der Waals surface area contributed by atoms with Crippen LogP contribution in [0.4, 0.5) is 4.79 Å². The molecule has 1 N–H and O–H groups in total. The maximum Gasteiger partial charge on any atom is 0.338 e. The van der Waals surface area contributed by atoms with E-state index in [1.54, 1.807) is 32.2 Å². The largest absolute Gasteiger partial charge is 0.463 e. The number of amides is 3. The molecule has 0 radical (unpaired) electrons. The van der Waals surface area contributed by atoms with Crippen molar-refractivity contribution in [2.45, 2.75) is 13.0 Å². The predicted molar refractivity (Wildman–Crippen MR) is 138 cm³/mol. The smallest absolute Gasteiger partial charge is 0.338 e. The summed E-state index contributed by atoms with van der Waals surface area (Å²) in [6.45, 7) is 4.54. The number of likely N-dealkylation sites (N-methyl/N-ethyl adjacent to an activating group) is 1. The Bertz CT molecular complexity index is 1180. The number of rotatable bonds is 6. The van der Waals surface area contributed by atoms with Gasteiger partial charge < -0.3 is 15.0 Å². The number of piperazine rings is 1. The molecular weight excluding hydrogens is 503 g/mol. The van der Waals surface area contributed by atoms with E-state index in [-0.39, 0.29) is 18.5 Å². The molecule has 2 aliphatic rings. The third-order valence-corrected chi connectivity index (χ3v) is 6.96. The number of hydrogen-bond donors (Lipinski definition) is 1. The number of hydrogen-bond acceptors (Lipinski definition) is 5. The van der Waals surface area contributed by atoms with Gasteiger partial charge >= 0.3 is 12.0 Å². The van der Waals surface area contributed by atoms with Crippen LogP contribution in [0, 0.1) is 0 Å². The lowest BCUT2D eigenvalue weighted by Crippen LogP contribution is -2.53.